The van der Waals surface area contributed by atoms with Crippen LogP contribution in [0.2, 0.25) is 0 Å². The van der Waals surface area contributed by atoms with Crippen molar-refractivity contribution in [2.75, 3.05) is 6.61 Å². The van der Waals surface area contributed by atoms with Gasteiger partial charge in [0.05, 0.1) is 6.61 Å². The van der Waals surface area contributed by atoms with E-state index in [1.54, 1.807) is 0 Å². The molecule has 0 heterocycles. The third kappa shape index (κ3) is 3.13. The Bertz CT molecular complexity index is 269. The molecule has 0 aliphatic rings. The number of rotatable bonds is 5. The molecule has 14 heavy (non-hydrogen) atoms. The summed E-state index contributed by atoms with van der Waals surface area (Å²) in [6.45, 7) is 5.23. The number of aliphatic hydroxyl groups excluding tert-OH is 1. The third-order valence-electron chi connectivity index (χ3n) is 2.56. The zero-order chi connectivity index (χ0) is 10.4. The molecule has 78 valence electrons. The molecule has 1 rings (SSSR count). The van der Waals surface area contributed by atoms with Gasteiger partial charge in [0.2, 0.25) is 0 Å². The molecule has 0 saturated carbocycles. The first-order valence-electron chi connectivity index (χ1n) is 5.16. The minimum atomic E-state index is 0.211. The minimum absolute atomic E-state index is 0.211. The Morgan fingerprint density at radius 3 is 2.64 bits per heavy atom. The van der Waals surface area contributed by atoms with Gasteiger partial charge in [0, 0.05) is 12.6 Å². The maximum absolute atomic E-state index is 9.01. The SMILES string of the molecule is CCC(CO)NCc1ccccc1C. The summed E-state index contributed by atoms with van der Waals surface area (Å²) in [5, 5.41) is 12.3. The van der Waals surface area contributed by atoms with Gasteiger partial charge in [-0.1, -0.05) is 31.2 Å². The molecule has 2 heteroatoms. The van der Waals surface area contributed by atoms with E-state index in [1.165, 1.54) is 11.1 Å². The predicted molar refractivity (Wildman–Crippen MR) is 59.2 cm³/mol. The topological polar surface area (TPSA) is 32.3 Å². The van der Waals surface area contributed by atoms with E-state index in [9.17, 15) is 0 Å². The van der Waals surface area contributed by atoms with E-state index in [0.717, 1.165) is 13.0 Å². The van der Waals surface area contributed by atoms with Crippen LogP contribution in [-0.4, -0.2) is 17.8 Å². The van der Waals surface area contributed by atoms with Gasteiger partial charge in [-0.2, -0.15) is 0 Å². The van der Waals surface area contributed by atoms with Gasteiger partial charge >= 0.3 is 0 Å². The highest BCUT2D eigenvalue weighted by atomic mass is 16.3. The second-order valence-electron chi connectivity index (χ2n) is 3.60. The van der Waals surface area contributed by atoms with Crippen molar-refractivity contribution in [3.8, 4) is 0 Å². The molecule has 1 unspecified atom stereocenters. The highest BCUT2D eigenvalue weighted by Gasteiger charge is 2.03. The molecule has 0 bridgehead atoms. The standard InChI is InChI=1S/C12H19NO/c1-3-12(9-14)13-8-11-7-5-4-6-10(11)2/h4-7,12-14H,3,8-9H2,1-2H3. The lowest BCUT2D eigenvalue weighted by Crippen LogP contribution is -2.31. The van der Waals surface area contributed by atoms with Crippen molar-refractivity contribution in [1.29, 1.82) is 0 Å². The number of benzene rings is 1. The molecule has 0 aliphatic carbocycles. The number of aryl methyl sites for hydroxylation is 1. The van der Waals surface area contributed by atoms with E-state index in [4.69, 9.17) is 5.11 Å². The summed E-state index contributed by atoms with van der Waals surface area (Å²) in [6.07, 6.45) is 0.961. The van der Waals surface area contributed by atoms with E-state index < -0.39 is 0 Å². The molecule has 2 nitrogen and oxygen atoms in total. The summed E-state index contributed by atoms with van der Waals surface area (Å²) in [5.74, 6) is 0. The van der Waals surface area contributed by atoms with Crippen LogP contribution in [0, 0.1) is 6.92 Å². The van der Waals surface area contributed by atoms with Gasteiger partial charge in [0.25, 0.3) is 0 Å². The van der Waals surface area contributed by atoms with Crippen LogP contribution in [0.4, 0.5) is 0 Å². The summed E-state index contributed by atoms with van der Waals surface area (Å²) >= 11 is 0. The Kier molecular flexibility index (Phi) is 4.63. The van der Waals surface area contributed by atoms with Crippen molar-refractivity contribution in [3.05, 3.63) is 35.4 Å². The van der Waals surface area contributed by atoms with Gasteiger partial charge in [0.1, 0.15) is 0 Å². The van der Waals surface area contributed by atoms with Crippen molar-refractivity contribution in [2.45, 2.75) is 32.9 Å². The zero-order valence-electron chi connectivity index (χ0n) is 8.96. The highest BCUT2D eigenvalue weighted by molar-refractivity contribution is 5.25. The smallest absolute Gasteiger partial charge is 0.0584 e. The number of hydrogen-bond acceptors (Lipinski definition) is 2. The lowest BCUT2D eigenvalue weighted by molar-refractivity contribution is 0.238. The first-order chi connectivity index (χ1) is 6.77. The molecule has 1 atom stereocenters. The summed E-state index contributed by atoms with van der Waals surface area (Å²) in [7, 11) is 0. The summed E-state index contributed by atoms with van der Waals surface area (Å²) in [6, 6.07) is 8.53. The molecule has 0 aromatic heterocycles. The third-order valence-corrected chi connectivity index (χ3v) is 2.56. The van der Waals surface area contributed by atoms with Crippen LogP contribution < -0.4 is 5.32 Å². The number of aliphatic hydroxyl groups is 1. The van der Waals surface area contributed by atoms with Crippen LogP contribution in [0.15, 0.2) is 24.3 Å². The zero-order valence-corrected chi connectivity index (χ0v) is 8.96. The van der Waals surface area contributed by atoms with E-state index in [1.807, 2.05) is 12.1 Å². The molecule has 0 fully saturated rings. The Hall–Kier alpha value is -0.860. The van der Waals surface area contributed by atoms with E-state index in [2.05, 4.69) is 31.3 Å². The average molecular weight is 193 g/mol. The molecule has 0 aliphatic heterocycles. The maximum atomic E-state index is 9.01. The van der Waals surface area contributed by atoms with Crippen LogP contribution in [0.25, 0.3) is 0 Å². The van der Waals surface area contributed by atoms with Gasteiger partial charge in [-0.15, -0.1) is 0 Å². The van der Waals surface area contributed by atoms with Gasteiger partial charge in [-0.3, -0.25) is 0 Å². The fraction of sp³-hybridized carbons (Fsp3) is 0.500. The quantitative estimate of drug-likeness (QED) is 0.748. The molecule has 0 saturated heterocycles. The summed E-state index contributed by atoms with van der Waals surface area (Å²) in [5.41, 5.74) is 2.60. The average Bonchev–Trinajstić information content (AvgIpc) is 2.22. The van der Waals surface area contributed by atoms with Crippen molar-refractivity contribution < 1.29 is 5.11 Å². The van der Waals surface area contributed by atoms with Gasteiger partial charge < -0.3 is 10.4 Å². The molecule has 1 aromatic rings. The van der Waals surface area contributed by atoms with Crippen LogP contribution in [0.5, 0.6) is 0 Å². The normalized spacial score (nSPS) is 12.8. The first-order valence-corrected chi connectivity index (χ1v) is 5.16. The fourth-order valence-corrected chi connectivity index (χ4v) is 1.40. The largest absolute Gasteiger partial charge is 0.395 e. The second-order valence-corrected chi connectivity index (χ2v) is 3.60. The Balaban J connectivity index is 2.49. The molecule has 1 aromatic carbocycles. The van der Waals surface area contributed by atoms with Gasteiger partial charge in [-0.05, 0) is 24.5 Å². The molecule has 0 amide bonds. The van der Waals surface area contributed by atoms with Crippen molar-refractivity contribution in [1.82, 2.24) is 5.32 Å². The van der Waals surface area contributed by atoms with E-state index in [0.29, 0.717) is 0 Å². The van der Waals surface area contributed by atoms with Crippen LogP contribution >= 0.6 is 0 Å². The van der Waals surface area contributed by atoms with Gasteiger partial charge in [-0.25, -0.2) is 0 Å². The van der Waals surface area contributed by atoms with Crippen molar-refractivity contribution in [2.24, 2.45) is 0 Å². The summed E-state index contributed by atoms with van der Waals surface area (Å²) < 4.78 is 0. The Morgan fingerprint density at radius 2 is 2.07 bits per heavy atom. The number of nitrogens with one attached hydrogen (secondary N) is 1. The first kappa shape index (κ1) is 11.2. The van der Waals surface area contributed by atoms with Crippen LogP contribution in [-0.2, 0) is 6.54 Å². The molecule has 0 radical (unpaired) electrons. The minimum Gasteiger partial charge on any atom is -0.395 e. The van der Waals surface area contributed by atoms with Gasteiger partial charge in [0.15, 0.2) is 0 Å². The van der Waals surface area contributed by atoms with Crippen molar-refractivity contribution in [3.63, 3.8) is 0 Å². The monoisotopic (exact) mass is 193 g/mol. The molecular weight excluding hydrogens is 174 g/mol. The lowest BCUT2D eigenvalue weighted by Gasteiger charge is -2.14. The Labute approximate surface area is 86.0 Å². The molecule has 0 spiro atoms. The maximum Gasteiger partial charge on any atom is 0.0584 e. The van der Waals surface area contributed by atoms with Crippen LogP contribution in [0.1, 0.15) is 24.5 Å². The second kappa shape index (κ2) is 5.78. The van der Waals surface area contributed by atoms with Crippen LogP contribution in [0.3, 0.4) is 0 Å². The van der Waals surface area contributed by atoms with Crippen molar-refractivity contribution >= 4 is 0 Å². The molecule has 2 N–H and O–H groups in total. The van der Waals surface area contributed by atoms with E-state index >= 15 is 0 Å². The highest BCUT2D eigenvalue weighted by Crippen LogP contribution is 2.06. The predicted octanol–water partition coefficient (Wildman–Crippen LogP) is 1.86. The number of hydrogen-bond donors (Lipinski definition) is 2. The Morgan fingerprint density at radius 1 is 1.36 bits per heavy atom. The fourth-order valence-electron chi connectivity index (χ4n) is 1.40. The summed E-state index contributed by atoms with van der Waals surface area (Å²) in [4.78, 5) is 0. The van der Waals surface area contributed by atoms with E-state index in [-0.39, 0.29) is 12.6 Å². The lowest BCUT2D eigenvalue weighted by atomic mass is 10.1. The molecular formula is C12H19NO.